The van der Waals surface area contributed by atoms with Crippen molar-refractivity contribution in [3.8, 4) is 0 Å². The van der Waals surface area contributed by atoms with Crippen LogP contribution in [-0.4, -0.2) is 36.5 Å². The molecule has 0 aliphatic carbocycles. The lowest BCUT2D eigenvalue weighted by atomic mass is 10.0. The van der Waals surface area contributed by atoms with Crippen molar-refractivity contribution in [2.24, 2.45) is 0 Å². The summed E-state index contributed by atoms with van der Waals surface area (Å²) >= 11 is 0. The zero-order valence-corrected chi connectivity index (χ0v) is 12.9. The lowest BCUT2D eigenvalue weighted by Crippen LogP contribution is -2.47. The molecule has 3 heteroatoms. The van der Waals surface area contributed by atoms with E-state index in [1.165, 1.54) is 38.5 Å². The van der Waals surface area contributed by atoms with Crippen molar-refractivity contribution in [1.29, 1.82) is 0 Å². The number of carbonyl (C=O) groups excluding carboxylic acids is 1. The topological polar surface area (TPSA) is 32.3 Å². The van der Waals surface area contributed by atoms with Gasteiger partial charge in [-0.3, -0.25) is 4.79 Å². The fourth-order valence-electron chi connectivity index (χ4n) is 2.87. The Balaban J connectivity index is 2.11. The summed E-state index contributed by atoms with van der Waals surface area (Å²) in [5.41, 5.74) is 0. The second-order valence-electron chi connectivity index (χ2n) is 5.75. The molecule has 1 unspecified atom stereocenters. The maximum absolute atomic E-state index is 12.1. The van der Waals surface area contributed by atoms with Gasteiger partial charge >= 0.3 is 0 Å². The Hall–Kier alpha value is -0.570. The normalized spacial score (nSPS) is 19.7. The Morgan fingerprint density at radius 3 is 2.63 bits per heavy atom. The third kappa shape index (κ3) is 6.95. The molecule has 0 aromatic rings. The van der Waals surface area contributed by atoms with Crippen LogP contribution >= 0.6 is 0 Å². The number of nitrogens with zero attached hydrogens (tertiary/aromatic N) is 1. The highest BCUT2D eigenvalue weighted by atomic mass is 16.2. The smallest absolute Gasteiger partial charge is 0.222 e. The van der Waals surface area contributed by atoms with E-state index in [4.69, 9.17) is 0 Å². The SMILES string of the molecule is CCCCCCCCC(=O)N1CCCC(NCC)C1. The predicted molar refractivity (Wildman–Crippen MR) is 81.3 cm³/mol. The Bertz CT molecular complexity index is 241. The van der Waals surface area contributed by atoms with Crippen molar-refractivity contribution >= 4 is 5.91 Å². The van der Waals surface area contributed by atoms with E-state index in [9.17, 15) is 4.79 Å². The standard InChI is InChI=1S/C16H32N2O/c1-3-5-6-7-8-9-12-16(19)18-13-10-11-15(14-18)17-4-2/h15,17H,3-14H2,1-2H3. The molecule has 19 heavy (non-hydrogen) atoms. The van der Waals surface area contributed by atoms with Gasteiger partial charge in [0.25, 0.3) is 0 Å². The van der Waals surface area contributed by atoms with Crippen LogP contribution in [0.15, 0.2) is 0 Å². The number of rotatable bonds is 9. The maximum Gasteiger partial charge on any atom is 0.222 e. The van der Waals surface area contributed by atoms with Crippen molar-refractivity contribution in [3.05, 3.63) is 0 Å². The minimum absolute atomic E-state index is 0.373. The van der Waals surface area contributed by atoms with E-state index >= 15 is 0 Å². The zero-order chi connectivity index (χ0) is 13.9. The molecule has 1 aliphatic heterocycles. The van der Waals surface area contributed by atoms with Crippen molar-refractivity contribution < 1.29 is 4.79 Å². The second kappa shape index (κ2) is 10.2. The lowest BCUT2D eigenvalue weighted by Gasteiger charge is -2.33. The average Bonchev–Trinajstić information content (AvgIpc) is 2.43. The largest absolute Gasteiger partial charge is 0.341 e. The summed E-state index contributed by atoms with van der Waals surface area (Å²) in [5.74, 6) is 0.373. The van der Waals surface area contributed by atoms with Gasteiger partial charge in [-0.05, 0) is 25.8 Å². The molecule has 3 nitrogen and oxygen atoms in total. The summed E-state index contributed by atoms with van der Waals surface area (Å²) < 4.78 is 0. The first-order valence-corrected chi connectivity index (χ1v) is 8.29. The number of piperidine rings is 1. The van der Waals surface area contributed by atoms with Crippen molar-refractivity contribution in [2.75, 3.05) is 19.6 Å². The van der Waals surface area contributed by atoms with Gasteiger partial charge in [-0.2, -0.15) is 0 Å². The van der Waals surface area contributed by atoms with Crippen molar-refractivity contribution in [3.63, 3.8) is 0 Å². The second-order valence-corrected chi connectivity index (χ2v) is 5.75. The predicted octanol–water partition coefficient (Wildman–Crippen LogP) is 3.34. The van der Waals surface area contributed by atoms with Crippen LogP contribution < -0.4 is 5.32 Å². The number of likely N-dealkylation sites (N-methyl/N-ethyl adjacent to an activating group) is 1. The van der Waals surface area contributed by atoms with Gasteiger partial charge in [0.05, 0.1) is 0 Å². The van der Waals surface area contributed by atoms with E-state index in [-0.39, 0.29) is 0 Å². The van der Waals surface area contributed by atoms with E-state index in [2.05, 4.69) is 24.1 Å². The minimum Gasteiger partial charge on any atom is -0.341 e. The summed E-state index contributed by atoms with van der Waals surface area (Å²) in [7, 11) is 0. The molecule has 1 fully saturated rings. The Morgan fingerprint density at radius 1 is 1.16 bits per heavy atom. The highest BCUT2D eigenvalue weighted by Crippen LogP contribution is 2.13. The maximum atomic E-state index is 12.1. The van der Waals surface area contributed by atoms with E-state index in [1.54, 1.807) is 0 Å². The molecular weight excluding hydrogens is 236 g/mol. The highest BCUT2D eigenvalue weighted by molar-refractivity contribution is 5.76. The zero-order valence-electron chi connectivity index (χ0n) is 12.9. The van der Waals surface area contributed by atoms with Gasteiger partial charge in [0.2, 0.25) is 5.91 Å². The molecule has 1 aliphatic rings. The lowest BCUT2D eigenvalue weighted by molar-refractivity contribution is -0.132. The summed E-state index contributed by atoms with van der Waals surface area (Å²) in [6, 6.07) is 0.521. The van der Waals surface area contributed by atoms with Crippen LogP contribution in [-0.2, 0) is 4.79 Å². The number of hydrogen-bond donors (Lipinski definition) is 1. The first kappa shape index (κ1) is 16.5. The molecule has 0 aromatic heterocycles. The van der Waals surface area contributed by atoms with Crippen molar-refractivity contribution in [2.45, 2.75) is 77.7 Å². The van der Waals surface area contributed by atoms with Gasteiger partial charge in [-0.1, -0.05) is 46.0 Å². The van der Waals surface area contributed by atoms with Gasteiger partial charge in [0.15, 0.2) is 0 Å². The third-order valence-electron chi connectivity index (χ3n) is 4.01. The minimum atomic E-state index is 0.373. The van der Waals surface area contributed by atoms with Crippen LogP contribution in [0.4, 0.5) is 0 Å². The molecule has 0 radical (unpaired) electrons. The number of amides is 1. The van der Waals surface area contributed by atoms with Gasteiger partial charge in [0.1, 0.15) is 0 Å². The van der Waals surface area contributed by atoms with Crippen LogP contribution in [0, 0.1) is 0 Å². The molecule has 0 aromatic carbocycles. The molecule has 0 spiro atoms. The molecule has 0 bridgehead atoms. The Morgan fingerprint density at radius 2 is 1.89 bits per heavy atom. The number of hydrogen-bond acceptors (Lipinski definition) is 2. The van der Waals surface area contributed by atoms with Crippen LogP contribution in [0.5, 0.6) is 0 Å². The van der Waals surface area contributed by atoms with Gasteiger partial charge in [-0.15, -0.1) is 0 Å². The molecule has 1 N–H and O–H groups in total. The summed E-state index contributed by atoms with van der Waals surface area (Å²) in [5, 5.41) is 3.47. The quantitative estimate of drug-likeness (QED) is 0.651. The average molecular weight is 268 g/mol. The number of unbranched alkanes of at least 4 members (excludes halogenated alkanes) is 5. The Labute approximate surface area is 119 Å². The molecule has 1 amide bonds. The number of likely N-dealkylation sites (tertiary alicyclic amines) is 1. The Kier molecular flexibility index (Phi) is 8.89. The molecule has 1 atom stereocenters. The van der Waals surface area contributed by atoms with E-state index < -0.39 is 0 Å². The fourth-order valence-corrected chi connectivity index (χ4v) is 2.87. The van der Waals surface area contributed by atoms with E-state index in [1.807, 2.05) is 0 Å². The first-order chi connectivity index (χ1) is 9.27. The summed E-state index contributed by atoms with van der Waals surface area (Å²) in [6.07, 6.45) is 10.7. The van der Waals surface area contributed by atoms with Gasteiger partial charge in [-0.25, -0.2) is 0 Å². The van der Waals surface area contributed by atoms with Crippen LogP contribution in [0.25, 0.3) is 0 Å². The van der Waals surface area contributed by atoms with Gasteiger partial charge < -0.3 is 10.2 Å². The van der Waals surface area contributed by atoms with Crippen LogP contribution in [0.3, 0.4) is 0 Å². The molecule has 1 heterocycles. The van der Waals surface area contributed by atoms with Crippen LogP contribution in [0.1, 0.15) is 71.6 Å². The number of carbonyl (C=O) groups is 1. The molecule has 1 rings (SSSR count). The van der Waals surface area contributed by atoms with Gasteiger partial charge in [0, 0.05) is 25.6 Å². The monoisotopic (exact) mass is 268 g/mol. The number of nitrogens with one attached hydrogen (secondary N) is 1. The molecule has 1 saturated heterocycles. The van der Waals surface area contributed by atoms with E-state index in [0.29, 0.717) is 11.9 Å². The summed E-state index contributed by atoms with van der Waals surface area (Å²) in [4.78, 5) is 14.2. The first-order valence-electron chi connectivity index (χ1n) is 8.29. The fraction of sp³-hybridized carbons (Fsp3) is 0.938. The molecule has 0 saturated carbocycles. The molecular formula is C16H32N2O. The third-order valence-corrected chi connectivity index (χ3v) is 4.01. The molecule has 112 valence electrons. The highest BCUT2D eigenvalue weighted by Gasteiger charge is 2.22. The summed E-state index contributed by atoms with van der Waals surface area (Å²) in [6.45, 7) is 7.26. The van der Waals surface area contributed by atoms with E-state index in [0.717, 1.165) is 38.9 Å². The van der Waals surface area contributed by atoms with Crippen molar-refractivity contribution in [1.82, 2.24) is 10.2 Å². The van der Waals surface area contributed by atoms with Crippen LogP contribution in [0.2, 0.25) is 0 Å².